The number of carbonyl (C=O) groups is 3. The average molecular weight is 298 g/mol. The zero-order valence-corrected chi connectivity index (χ0v) is 12.3. The Morgan fingerprint density at radius 2 is 1.90 bits per heavy atom. The summed E-state index contributed by atoms with van der Waals surface area (Å²) in [5.74, 6) is 0.102. The van der Waals surface area contributed by atoms with Crippen molar-refractivity contribution in [2.75, 3.05) is 13.2 Å². The zero-order chi connectivity index (χ0) is 16.1. The summed E-state index contributed by atoms with van der Waals surface area (Å²) < 4.78 is 0. The summed E-state index contributed by atoms with van der Waals surface area (Å²) in [6, 6.07) is -0.694. The number of hydrogen-bond donors (Lipinski definition) is 4. The van der Waals surface area contributed by atoms with Crippen LogP contribution in [0.4, 0.5) is 4.79 Å². The van der Waals surface area contributed by atoms with Gasteiger partial charge in [-0.25, -0.2) is 4.79 Å². The molecule has 0 heterocycles. The molecule has 21 heavy (non-hydrogen) atoms. The Morgan fingerprint density at radius 1 is 1.19 bits per heavy atom. The Balaban J connectivity index is 4.66. The van der Waals surface area contributed by atoms with Gasteiger partial charge in [0.2, 0.25) is 6.41 Å². The molecule has 0 rings (SSSR count). The first-order valence-corrected chi connectivity index (χ1v) is 6.62. The molecular formula is C13H22N4O4. The van der Waals surface area contributed by atoms with E-state index in [0.717, 1.165) is 19.1 Å². The number of carbonyl (C=O) groups excluding carboxylic acids is 3. The fraction of sp³-hybridized carbons (Fsp3) is 0.538. The Labute approximate surface area is 123 Å². The molecule has 118 valence electrons. The van der Waals surface area contributed by atoms with Crippen LogP contribution in [0.5, 0.6) is 0 Å². The van der Waals surface area contributed by atoms with Gasteiger partial charge in [-0.05, 0) is 26.2 Å². The molecule has 0 radical (unpaired) electrons. The van der Waals surface area contributed by atoms with E-state index in [-0.39, 0.29) is 18.8 Å². The molecule has 0 aromatic heterocycles. The molecule has 0 saturated heterocycles. The third kappa shape index (κ3) is 10.3. The second-order valence-corrected chi connectivity index (χ2v) is 4.26. The minimum atomic E-state index is -0.694. The van der Waals surface area contributed by atoms with Crippen LogP contribution in [0, 0.1) is 0 Å². The predicted octanol–water partition coefficient (Wildman–Crippen LogP) is 0.0430. The minimum Gasteiger partial charge on any atom is -0.396 e. The molecule has 0 aliphatic carbocycles. The SMILES string of the molecule is CC(=O)C=N/C(C)=C(\NCCCCCO)NC(=O)NC=O. The van der Waals surface area contributed by atoms with E-state index in [4.69, 9.17) is 5.11 Å². The highest BCUT2D eigenvalue weighted by atomic mass is 16.3. The molecule has 0 aromatic rings. The summed E-state index contributed by atoms with van der Waals surface area (Å²) in [7, 11) is 0. The third-order valence-electron chi connectivity index (χ3n) is 2.37. The lowest BCUT2D eigenvalue weighted by atomic mass is 10.2. The first kappa shape index (κ1) is 18.8. The van der Waals surface area contributed by atoms with E-state index < -0.39 is 6.03 Å². The maximum Gasteiger partial charge on any atom is 0.326 e. The number of aliphatic hydroxyl groups excluding tert-OH is 1. The van der Waals surface area contributed by atoms with Gasteiger partial charge in [-0.15, -0.1) is 0 Å². The summed E-state index contributed by atoms with van der Waals surface area (Å²) in [4.78, 5) is 36.3. The molecule has 8 heteroatoms. The minimum absolute atomic E-state index is 0.143. The van der Waals surface area contributed by atoms with Gasteiger partial charge >= 0.3 is 6.03 Å². The van der Waals surface area contributed by atoms with E-state index in [0.29, 0.717) is 24.5 Å². The highest BCUT2D eigenvalue weighted by Crippen LogP contribution is 2.00. The van der Waals surface area contributed by atoms with Crippen LogP contribution in [-0.4, -0.2) is 42.7 Å². The largest absolute Gasteiger partial charge is 0.396 e. The van der Waals surface area contributed by atoms with Crippen molar-refractivity contribution in [3.05, 3.63) is 11.5 Å². The molecule has 0 spiro atoms. The first-order valence-electron chi connectivity index (χ1n) is 6.62. The standard InChI is InChI=1S/C13H22N4O4/c1-10(20)8-15-11(2)12(17-13(21)16-9-19)14-6-4-3-5-7-18/h8-9,14,18H,3-7H2,1-2H3,(H2,16,17,19,21)/b12-11+,15-8?. The van der Waals surface area contributed by atoms with Crippen molar-refractivity contribution in [3.63, 3.8) is 0 Å². The maximum absolute atomic E-state index is 11.4. The monoisotopic (exact) mass is 298 g/mol. The lowest BCUT2D eigenvalue weighted by Crippen LogP contribution is -2.39. The number of aliphatic imine (C=N–C) groups is 1. The van der Waals surface area contributed by atoms with Crippen LogP contribution in [0.2, 0.25) is 0 Å². The summed E-state index contributed by atoms with van der Waals surface area (Å²) in [6.07, 6.45) is 3.75. The van der Waals surface area contributed by atoms with Gasteiger partial charge in [0, 0.05) is 20.1 Å². The number of allylic oxidation sites excluding steroid dienone is 1. The van der Waals surface area contributed by atoms with Gasteiger partial charge in [0.15, 0.2) is 5.78 Å². The molecule has 0 aliphatic heterocycles. The number of imide groups is 1. The second kappa shape index (κ2) is 11.6. The molecule has 0 unspecified atom stereocenters. The fourth-order valence-electron chi connectivity index (χ4n) is 1.34. The smallest absolute Gasteiger partial charge is 0.326 e. The summed E-state index contributed by atoms with van der Waals surface area (Å²) in [5.41, 5.74) is 0.411. The molecule has 3 amide bonds. The highest BCUT2D eigenvalue weighted by Gasteiger charge is 2.06. The number of Topliss-reactive ketones (excluding diaryl/α,β-unsaturated/α-hetero) is 1. The molecular weight excluding hydrogens is 276 g/mol. The van der Waals surface area contributed by atoms with Crippen LogP contribution >= 0.6 is 0 Å². The van der Waals surface area contributed by atoms with Gasteiger partial charge in [-0.2, -0.15) is 0 Å². The number of urea groups is 1. The van der Waals surface area contributed by atoms with E-state index >= 15 is 0 Å². The zero-order valence-electron chi connectivity index (χ0n) is 12.3. The number of nitrogens with zero attached hydrogens (tertiary/aromatic N) is 1. The molecule has 0 bridgehead atoms. The quantitative estimate of drug-likeness (QED) is 0.258. The predicted molar refractivity (Wildman–Crippen MR) is 78.5 cm³/mol. The summed E-state index contributed by atoms with van der Waals surface area (Å²) in [6.45, 7) is 3.69. The number of hydrogen-bond acceptors (Lipinski definition) is 6. The van der Waals surface area contributed by atoms with Crippen LogP contribution in [0.1, 0.15) is 33.1 Å². The van der Waals surface area contributed by atoms with Crippen molar-refractivity contribution in [2.24, 2.45) is 4.99 Å². The van der Waals surface area contributed by atoms with Crippen molar-refractivity contribution >= 4 is 24.4 Å². The Hall–Kier alpha value is -2.22. The third-order valence-corrected chi connectivity index (χ3v) is 2.37. The number of ketones is 1. The molecule has 0 saturated carbocycles. The number of aliphatic hydroxyl groups is 1. The number of amides is 3. The average Bonchev–Trinajstić information content (AvgIpc) is 2.43. The Kier molecular flexibility index (Phi) is 10.4. The summed E-state index contributed by atoms with van der Waals surface area (Å²) >= 11 is 0. The van der Waals surface area contributed by atoms with Crippen molar-refractivity contribution in [3.8, 4) is 0 Å². The number of unbranched alkanes of at least 4 members (excludes halogenated alkanes) is 2. The maximum atomic E-state index is 11.4. The summed E-state index contributed by atoms with van der Waals surface area (Å²) in [5, 5.41) is 16.1. The number of nitrogens with one attached hydrogen (secondary N) is 3. The van der Waals surface area contributed by atoms with Crippen molar-refractivity contribution in [1.82, 2.24) is 16.0 Å². The Bertz CT molecular complexity index is 418. The van der Waals surface area contributed by atoms with E-state index in [1.807, 2.05) is 5.32 Å². The van der Waals surface area contributed by atoms with Gasteiger partial charge in [0.1, 0.15) is 5.82 Å². The van der Waals surface area contributed by atoms with Crippen LogP contribution in [0.3, 0.4) is 0 Å². The van der Waals surface area contributed by atoms with Crippen LogP contribution in [0.15, 0.2) is 16.5 Å². The molecule has 0 atom stereocenters. The lowest BCUT2D eigenvalue weighted by Gasteiger charge is -2.13. The van der Waals surface area contributed by atoms with Gasteiger partial charge in [-0.1, -0.05) is 0 Å². The van der Waals surface area contributed by atoms with Gasteiger partial charge in [0.25, 0.3) is 0 Å². The van der Waals surface area contributed by atoms with Crippen LogP contribution in [-0.2, 0) is 9.59 Å². The van der Waals surface area contributed by atoms with Gasteiger partial charge < -0.3 is 10.4 Å². The molecule has 4 N–H and O–H groups in total. The van der Waals surface area contributed by atoms with Gasteiger partial charge in [0.05, 0.1) is 11.9 Å². The Morgan fingerprint density at radius 3 is 2.48 bits per heavy atom. The van der Waals surface area contributed by atoms with Crippen LogP contribution < -0.4 is 16.0 Å². The first-order chi connectivity index (χ1) is 10.0. The van der Waals surface area contributed by atoms with E-state index in [1.54, 1.807) is 6.92 Å². The van der Waals surface area contributed by atoms with Crippen molar-refractivity contribution in [2.45, 2.75) is 33.1 Å². The van der Waals surface area contributed by atoms with Gasteiger partial charge in [-0.3, -0.25) is 25.2 Å². The van der Waals surface area contributed by atoms with Crippen molar-refractivity contribution in [1.29, 1.82) is 0 Å². The van der Waals surface area contributed by atoms with E-state index in [2.05, 4.69) is 15.6 Å². The molecule has 0 aromatic carbocycles. The molecule has 8 nitrogen and oxygen atoms in total. The topological polar surface area (TPSA) is 120 Å². The van der Waals surface area contributed by atoms with Crippen LogP contribution in [0.25, 0.3) is 0 Å². The molecule has 0 aliphatic rings. The van der Waals surface area contributed by atoms with E-state index in [1.165, 1.54) is 6.92 Å². The van der Waals surface area contributed by atoms with E-state index in [9.17, 15) is 14.4 Å². The number of rotatable bonds is 10. The van der Waals surface area contributed by atoms with Crippen molar-refractivity contribution < 1.29 is 19.5 Å². The highest BCUT2D eigenvalue weighted by molar-refractivity contribution is 6.26. The molecule has 0 fully saturated rings. The normalized spacial score (nSPS) is 11.8. The lowest BCUT2D eigenvalue weighted by molar-refractivity contribution is -0.111. The second-order valence-electron chi connectivity index (χ2n) is 4.26. The fourth-order valence-corrected chi connectivity index (χ4v) is 1.34.